The molecule has 1 aromatic heterocycles. The molecule has 0 radical (unpaired) electrons. The molecule has 1 unspecified atom stereocenters. The molecule has 1 heterocycles. The highest BCUT2D eigenvalue weighted by atomic mass is 19.4. The van der Waals surface area contributed by atoms with Gasteiger partial charge in [0.15, 0.2) is 0 Å². The smallest absolute Gasteiger partial charge is 0.391 e. The van der Waals surface area contributed by atoms with E-state index in [4.69, 9.17) is 0 Å². The fourth-order valence-corrected chi connectivity index (χ4v) is 2.93. The van der Waals surface area contributed by atoms with E-state index >= 15 is 0 Å². The van der Waals surface area contributed by atoms with Gasteiger partial charge in [0.05, 0.1) is 12.0 Å². The van der Waals surface area contributed by atoms with Crippen LogP contribution < -0.4 is 0 Å². The minimum absolute atomic E-state index is 0.0463. The van der Waals surface area contributed by atoms with E-state index < -0.39 is 18.2 Å². The third-order valence-electron chi connectivity index (χ3n) is 4.30. The first kappa shape index (κ1) is 15.3. The highest BCUT2D eigenvalue weighted by Crippen LogP contribution is 2.40. The lowest BCUT2D eigenvalue weighted by Crippen LogP contribution is -2.33. The van der Waals surface area contributed by atoms with Gasteiger partial charge in [-0.1, -0.05) is 6.07 Å². The van der Waals surface area contributed by atoms with Crippen LogP contribution in [0.1, 0.15) is 36.9 Å². The van der Waals surface area contributed by atoms with Crippen molar-refractivity contribution in [3.63, 3.8) is 0 Å². The zero-order chi connectivity index (χ0) is 14.8. The van der Waals surface area contributed by atoms with E-state index in [9.17, 15) is 18.3 Å². The molecule has 1 aromatic rings. The first-order valence-corrected chi connectivity index (χ1v) is 7.03. The normalized spacial score (nSPS) is 25.4. The number of hydrogen-bond acceptors (Lipinski definition) is 2. The number of rotatable bonds is 3. The van der Waals surface area contributed by atoms with E-state index in [2.05, 4.69) is 4.98 Å². The van der Waals surface area contributed by atoms with E-state index in [-0.39, 0.29) is 18.8 Å². The standard InChI is InChI=1S/C15H20F3NO/c1-10-3-2-8-19-13(10)9-14(20)11-4-6-12(7-5-11)15(16,17)18/h2-3,8,11-12,14,20H,4-7,9H2,1H3. The molecular weight excluding hydrogens is 267 g/mol. The van der Waals surface area contributed by atoms with Gasteiger partial charge in [-0.25, -0.2) is 0 Å². The van der Waals surface area contributed by atoms with Gasteiger partial charge in [-0.15, -0.1) is 0 Å². The molecule has 1 saturated carbocycles. The Morgan fingerprint density at radius 1 is 1.30 bits per heavy atom. The molecular formula is C15H20F3NO. The van der Waals surface area contributed by atoms with E-state index in [1.165, 1.54) is 0 Å². The Morgan fingerprint density at radius 2 is 1.95 bits per heavy atom. The molecule has 2 rings (SSSR count). The Kier molecular flexibility index (Phi) is 4.68. The number of nitrogens with zero attached hydrogens (tertiary/aromatic N) is 1. The maximum absolute atomic E-state index is 12.6. The number of halogens is 3. The van der Waals surface area contributed by atoms with Crippen LogP contribution in [0.25, 0.3) is 0 Å². The molecule has 5 heteroatoms. The zero-order valence-corrected chi connectivity index (χ0v) is 11.5. The third-order valence-corrected chi connectivity index (χ3v) is 4.30. The molecule has 0 bridgehead atoms. The lowest BCUT2D eigenvalue weighted by molar-refractivity contribution is -0.185. The number of aromatic nitrogens is 1. The van der Waals surface area contributed by atoms with Crippen molar-refractivity contribution in [2.24, 2.45) is 11.8 Å². The van der Waals surface area contributed by atoms with E-state index in [1.807, 2.05) is 19.1 Å². The fraction of sp³-hybridized carbons (Fsp3) is 0.667. The molecule has 20 heavy (non-hydrogen) atoms. The van der Waals surface area contributed by atoms with Crippen LogP contribution in [-0.4, -0.2) is 22.4 Å². The van der Waals surface area contributed by atoms with Crippen LogP contribution in [0.5, 0.6) is 0 Å². The number of aliphatic hydroxyl groups excluding tert-OH is 1. The first-order chi connectivity index (χ1) is 9.38. The average Bonchev–Trinajstić information content (AvgIpc) is 2.40. The summed E-state index contributed by atoms with van der Waals surface area (Å²) in [4.78, 5) is 4.23. The summed E-state index contributed by atoms with van der Waals surface area (Å²) < 4.78 is 37.8. The minimum atomic E-state index is -4.09. The van der Waals surface area contributed by atoms with Crippen LogP contribution in [0.15, 0.2) is 18.3 Å². The summed E-state index contributed by atoms with van der Waals surface area (Å²) >= 11 is 0. The van der Waals surface area contributed by atoms with Gasteiger partial charge < -0.3 is 5.11 Å². The summed E-state index contributed by atoms with van der Waals surface area (Å²) in [5, 5.41) is 10.2. The van der Waals surface area contributed by atoms with Crippen molar-refractivity contribution in [1.82, 2.24) is 4.98 Å². The predicted octanol–water partition coefficient (Wildman–Crippen LogP) is 3.66. The molecule has 1 fully saturated rings. The van der Waals surface area contributed by atoms with Crippen molar-refractivity contribution < 1.29 is 18.3 Å². The van der Waals surface area contributed by atoms with Gasteiger partial charge >= 0.3 is 6.18 Å². The summed E-state index contributed by atoms with van der Waals surface area (Å²) in [5.74, 6) is -1.24. The van der Waals surface area contributed by atoms with Gasteiger partial charge in [0.25, 0.3) is 0 Å². The van der Waals surface area contributed by atoms with Crippen molar-refractivity contribution in [2.75, 3.05) is 0 Å². The molecule has 0 aromatic carbocycles. The maximum Gasteiger partial charge on any atom is 0.391 e. The SMILES string of the molecule is Cc1cccnc1CC(O)C1CCC(C(F)(F)F)CC1. The summed E-state index contributed by atoms with van der Waals surface area (Å²) in [7, 11) is 0. The largest absolute Gasteiger partial charge is 0.392 e. The number of hydrogen-bond donors (Lipinski definition) is 1. The molecule has 1 aliphatic rings. The number of aryl methyl sites for hydroxylation is 1. The van der Waals surface area contributed by atoms with Gasteiger partial charge in [0.2, 0.25) is 0 Å². The van der Waals surface area contributed by atoms with Crippen LogP contribution in [0.3, 0.4) is 0 Å². The first-order valence-electron chi connectivity index (χ1n) is 7.03. The molecule has 1 atom stereocenters. The molecule has 112 valence electrons. The molecule has 2 nitrogen and oxygen atoms in total. The number of alkyl halides is 3. The molecule has 1 aliphatic carbocycles. The minimum Gasteiger partial charge on any atom is -0.392 e. The van der Waals surface area contributed by atoms with Crippen molar-refractivity contribution in [3.05, 3.63) is 29.6 Å². The second-order valence-electron chi connectivity index (χ2n) is 5.69. The van der Waals surface area contributed by atoms with Crippen LogP contribution in [-0.2, 0) is 6.42 Å². The van der Waals surface area contributed by atoms with E-state index in [0.29, 0.717) is 19.3 Å². The molecule has 0 aliphatic heterocycles. The van der Waals surface area contributed by atoms with E-state index in [1.54, 1.807) is 6.20 Å². The monoisotopic (exact) mass is 287 g/mol. The van der Waals surface area contributed by atoms with Crippen molar-refractivity contribution in [3.8, 4) is 0 Å². The highest BCUT2D eigenvalue weighted by molar-refractivity contribution is 5.18. The Bertz CT molecular complexity index is 439. The lowest BCUT2D eigenvalue weighted by atomic mass is 9.78. The third kappa shape index (κ3) is 3.72. The van der Waals surface area contributed by atoms with Crippen molar-refractivity contribution >= 4 is 0 Å². The van der Waals surface area contributed by atoms with Gasteiger partial charge in [0.1, 0.15) is 0 Å². The number of pyridine rings is 1. The Labute approximate surface area is 117 Å². The molecule has 0 amide bonds. The Balaban J connectivity index is 1.89. The van der Waals surface area contributed by atoms with Gasteiger partial charge in [-0.3, -0.25) is 4.98 Å². The highest BCUT2D eigenvalue weighted by Gasteiger charge is 2.42. The van der Waals surface area contributed by atoms with Crippen molar-refractivity contribution in [1.29, 1.82) is 0 Å². The quantitative estimate of drug-likeness (QED) is 0.920. The lowest BCUT2D eigenvalue weighted by Gasteiger charge is -2.32. The maximum atomic E-state index is 12.6. The van der Waals surface area contributed by atoms with Crippen molar-refractivity contribution in [2.45, 2.75) is 51.3 Å². The second kappa shape index (κ2) is 6.12. The summed E-state index contributed by atoms with van der Waals surface area (Å²) in [6.07, 6.45) is -1.44. The zero-order valence-electron chi connectivity index (χ0n) is 11.5. The van der Waals surface area contributed by atoms with Gasteiger partial charge in [-0.05, 0) is 50.2 Å². The Morgan fingerprint density at radius 3 is 2.50 bits per heavy atom. The summed E-state index contributed by atoms with van der Waals surface area (Å²) in [6.45, 7) is 1.93. The summed E-state index contributed by atoms with van der Waals surface area (Å²) in [6, 6.07) is 3.76. The fourth-order valence-electron chi connectivity index (χ4n) is 2.93. The van der Waals surface area contributed by atoms with Gasteiger partial charge in [-0.2, -0.15) is 13.2 Å². The van der Waals surface area contributed by atoms with Crippen LogP contribution >= 0.6 is 0 Å². The van der Waals surface area contributed by atoms with Crippen LogP contribution in [0.4, 0.5) is 13.2 Å². The number of aliphatic hydroxyl groups is 1. The molecule has 0 saturated heterocycles. The van der Waals surface area contributed by atoms with Crippen LogP contribution in [0, 0.1) is 18.8 Å². The second-order valence-corrected chi connectivity index (χ2v) is 5.69. The van der Waals surface area contributed by atoms with Gasteiger partial charge in [0, 0.05) is 18.3 Å². The van der Waals surface area contributed by atoms with E-state index in [0.717, 1.165) is 11.3 Å². The predicted molar refractivity (Wildman–Crippen MR) is 70.2 cm³/mol. The average molecular weight is 287 g/mol. The Hall–Kier alpha value is -1.10. The topological polar surface area (TPSA) is 33.1 Å². The molecule has 1 N–H and O–H groups in total. The summed E-state index contributed by atoms with van der Waals surface area (Å²) in [5.41, 5.74) is 1.84. The van der Waals surface area contributed by atoms with Crippen LogP contribution in [0.2, 0.25) is 0 Å². The molecule has 0 spiro atoms.